The van der Waals surface area contributed by atoms with Gasteiger partial charge in [0.2, 0.25) is 5.91 Å². The molecule has 0 atom stereocenters. The molecule has 0 aliphatic carbocycles. The van der Waals surface area contributed by atoms with Crippen molar-refractivity contribution >= 4 is 34.1 Å². The first-order chi connectivity index (χ1) is 18.2. The smallest absolute Gasteiger partial charge is 0.418 e. The van der Waals surface area contributed by atoms with E-state index < -0.39 is 17.6 Å². The summed E-state index contributed by atoms with van der Waals surface area (Å²) < 4.78 is 48.8. The largest absolute Gasteiger partial charge is 0.495 e. The number of ether oxygens (including phenoxy) is 1. The van der Waals surface area contributed by atoms with Crippen molar-refractivity contribution in [3.05, 3.63) is 54.4 Å². The number of amides is 1. The van der Waals surface area contributed by atoms with Crippen molar-refractivity contribution in [2.24, 2.45) is 0 Å². The summed E-state index contributed by atoms with van der Waals surface area (Å²) in [6, 6.07) is 9.88. The molecule has 12 heteroatoms. The number of nitrogens with one attached hydrogen (secondary N) is 1. The van der Waals surface area contributed by atoms with Crippen LogP contribution in [0.15, 0.2) is 48.8 Å². The Morgan fingerprint density at radius 2 is 1.87 bits per heavy atom. The number of hydrogen-bond donors (Lipinski definition) is 2. The van der Waals surface area contributed by atoms with Crippen LogP contribution in [0.2, 0.25) is 0 Å². The minimum absolute atomic E-state index is 0.120. The normalized spacial score (nSPS) is 14.6. The lowest BCUT2D eigenvalue weighted by atomic mass is 10.1. The van der Waals surface area contributed by atoms with Gasteiger partial charge < -0.3 is 15.8 Å². The molecule has 1 aliphatic rings. The van der Waals surface area contributed by atoms with E-state index in [0.29, 0.717) is 22.3 Å². The molecule has 0 radical (unpaired) electrons. The Balaban J connectivity index is 1.65. The van der Waals surface area contributed by atoms with Crippen molar-refractivity contribution in [1.29, 1.82) is 0 Å². The number of anilines is 3. The summed E-state index contributed by atoms with van der Waals surface area (Å²) >= 11 is 0. The Kier molecular flexibility index (Phi) is 6.66. The van der Waals surface area contributed by atoms with Gasteiger partial charge in [-0.2, -0.15) is 18.3 Å². The number of hydrogen-bond acceptors (Lipinski definition) is 7. The molecule has 1 aliphatic heterocycles. The number of piperidine rings is 1. The zero-order valence-corrected chi connectivity index (χ0v) is 20.8. The number of aromatic nitrogens is 4. The van der Waals surface area contributed by atoms with Crippen LogP contribution in [-0.4, -0.2) is 45.9 Å². The highest BCUT2D eigenvalue weighted by Gasteiger charge is 2.36. The van der Waals surface area contributed by atoms with Crippen LogP contribution in [0.4, 0.5) is 30.4 Å². The molecule has 0 spiro atoms. The molecule has 0 bridgehead atoms. The molecule has 1 fully saturated rings. The van der Waals surface area contributed by atoms with Crippen LogP contribution in [0.1, 0.15) is 31.4 Å². The fourth-order valence-corrected chi connectivity index (χ4v) is 4.89. The lowest BCUT2D eigenvalue weighted by Crippen LogP contribution is -2.30. The second-order valence-corrected chi connectivity index (χ2v) is 8.99. The molecule has 1 saturated heterocycles. The van der Waals surface area contributed by atoms with Crippen LogP contribution in [0.5, 0.6) is 5.75 Å². The van der Waals surface area contributed by atoms with Crippen molar-refractivity contribution in [1.82, 2.24) is 25.1 Å². The quantitative estimate of drug-likeness (QED) is 0.388. The molecule has 38 heavy (non-hydrogen) atoms. The van der Waals surface area contributed by atoms with E-state index in [9.17, 15) is 18.0 Å². The van der Waals surface area contributed by atoms with Gasteiger partial charge in [0.05, 0.1) is 35.5 Å². The lowest BCUT2D eigenvalue weighted by molar-refractivity contribution is -0.137. The summed E-state index contributed by atoms with van der Waals surface area (Å²) in [5.74, 6) is -0.154. The first-order valence-electron chi connectivity index (χ1n) is 12.1. The van der Waals surface area contributed by atoms with Gasteiger partial charge in [-0.15, -0.1) is 0 Å². The fourth-order valence-electron chi connectivity index (χ4n) is 4.89. The maximum atomic E-state index is 13.8. The number of fused-ring (bicyclic) bond motifs is 1. The van der Waals surface area contributed by atoms with Gasteiger partial charge in [-0.25, -0.2) is 14.6 Å². The first kappa shape index (κ1) is 25.5. The second kappa shape index (κ2) is 9.93. The maximum Gasteiger partial charge on any atom is 0.418 e. The van der Waals surface area contributed by atoms with Gasteiger partial charge >= 0.3 is 6.18 Å². The second-order valence-electron chi connectivity index (χ2n) is 8.99. The van der Waals surface area contributed by atoms with E-state index in [-0.39, 0.29) is 29.0 Å². The van der Waals surface area contributed by atoms with Crippen LogP contribution < -0.4 is 20.7 Å². The van der Waals surface area contributed by atoms with Crippen molar-refractivity contribution in [3.8, 4) is 17.0 Å². The number of rotatable bonds is 5. The third-order valence-electron chi connectivity index (χ3n) is 6.63. The van der Waals surface area contributed by atoms with E-state index in [0.717, 1.165) is 36.9 Å². The molecule has 5 rings (SSSR count). The maximum absolute atomic E-state index is 13.8. The van der Waals surface area contributed by atoms with Crippen molar-refractivity contribution < 1.29 is 22.7 Å². The first-order valence-corrected chi connectivity index (χ1v) is 12.1. The molecule has 0 unspecified atom stereocenters. The van der Waals surface area contributed by atoms with Gasteiger partial charge in [-0.05, 0) is 50.2 Å². The van der Waals surface area contributed by atoms with Crippen LogP contribution in [-0.2, 0) is 11.0 Å². The van der Waals surface area contributed by atoms with E-state index in [1.165, 1.54) is 44.6 Å². The van der Waals surface area contributed by atoms with Gasteiger partial charge in [0.25, 0.3) is 0 Å². The molecule has 4 aromatic rings. The lowest BCUT2D eigenvalue weighted by Gasteiger charge is -2.26. The minimum Gasteiger partial charge on any atom is -0.495 e. The van der Waals surface area contributed by atoms with Gasteiger partial charge in [0.1, 0.15) is 23.6 Å². The van der Waals surface area contributed by atoms with Gasteiger partial charge in [0, 0.05) is 12.5 Å². The standard InChI is InChI=1S/C26H26F3N7O2/c1-15(37)35(19-6-4-3-5-18(19)26(27,28)29)20-8-7-16(13-21(20)38-2)23-22-24(30)32-14-33-25(22)36(34-23)17-9-11-31-12-10-17/h3-8,13-14,17,31H,9-12H2,1-2H3,(H2,30,32,33). The molecule has 198 valence electrons. The van der Waals surface area contributed by atoms with Crippen molar-refractivity contribution in [2.75, 3.05) is 30.8 Å². The number of carbonyl (C=O) groups excluding carboxylic acids is 1. The highest BCUT2D eigenvalue weighted by molar-refractivity contribution is 6.03. The number of carbonyl (C=O) groups is 1. The number of benzene rings is 2. The highest BCUT2D eigenvalue weighted by Crippen LogP contribution is 2.43. The van der Waals surface area contributed by atoms with E-state index >= 15 is 0 Å². The molecule has 3 N–H and O–H groups in total. The van der Waals surface area contributed by atoms with E-state index in [1.807, 2.05) is 4.68 Å². The number of nitrogens with two attached hydrogens (primary N) is 1. The van der Waals surface area contributed by atoms with E-state index in [2.05, 4.69) is 15.3 Å². The molecular formula is C26H26F3N7O2. The topological polar surface area (TPSA) is 111 Å². The third kappa shape index (κ3) is 4.51. The van der Waals surface area contributed by atoms with Crippen LogP contribution in [0.3, 0.4) is 0 Å². The SMILES string of the molecule is COc1cc(-c2nn(C3CCNCC3)c3ncnc(N)c23)ccc1N(C(C)=O)c1ccccc1C(F)(F)F. The third-order valence-corrected chi connectivity index (χ3v) is 6.63. The zero-order chi connectivity index (χ0) is 27.0. The molecule has 9 nitrogen and oxygen atoms in total. The predicted octanol–water partition coefficient (Wildman–Crippen LogP) is 4.71. The summed E-state index contributed by atoms with van der Waals surface area (Å²) in [6.07, 6.45) is -1.52. The number of nitrogens with zero attached hydrogens (tertiary/aromatic N) is 5. The van der Waals surface area contributed by atoms with Gasteiger partial charge in [0.15, 0.2) is 5.65 Å². The number of methoxy groups -OCH3 is 1. The number of alkyl halides is 3. The van der Waals surface area contributed by atoms with Crippen molar-refractivity contribution in [3.63, 3.8) is 0 Å². The number of para-hydroxylation sites is 1. The minimum atomic E-state index is -4.66. The summed E-state index contributed by atoms with van der Waals surface area (Å²) in [7, 11) is 1.39. The Morgan fingerprint density at radius 3 is 2.55 bits per heavy atom. The molecule has 1 amide bonds. The van der Waals surface area contributed by atoms with Crippen molar-refractivity contribution in [2.45, 2.75) is 32.0 Å². The molecule has 0 saturated carbocycles. The summed E-state index contributed by atoms with van der Waals surface area (Å²) in [5, 5.41) is 8.76. The van der Waals surface area contributed by atoms with E-state index in [1.54, 1.807) is 12.1 Å². The molecule has 2 aromatic carbocycles. The Labute approximate surface area is 216 Å². The van der Waals surface area contributed by atoms with Crippen LogP contribution >= 0.6 is 0 Å². The Bertz CT molecular complexity index is 1500. The monoisotopic (exact) mass is 525 g/mol. The Morgan fingerprint density at radius 1 is 1.13 bits per heavy atom. The van der Waals surface area contributed by atoms with Gasteiger partial charge in [-0.3, -0.25) is 9.69 Å². The zero-order valence-electron chi connectivity index (χ0n) is 20.8. The molecule has 2 aromatic heterocycles. The highest BCUT2D eigenvalue weighted by atomic mass is 19.4. The summed E-state index contributed by atoms with van der Waals surface area (Å²) in [4.78, 5) is 22.3. The molecule has 3 heterocycles. The Hall–Kier alpha value is -4.19. The van der Waals surface area contributed by atoms with Gasteiger partial charge in [-0.1, -0.05) is 18.2 Å². The van der Waals surface area contributed by atoms with Crippen LogP contribution in [0.25, 0.3) is 22.3 Å². The summed E-state index contributed by atoms with van der Waals surface area (Å²) in [6.45, 7) is 2.90. The number of nitrogen functional groups attached to an aromatic ring is 1. The predicted molar refractivity (Wildman–Crippen MR) is 137 cm³/mol. The summed E-state index contributed by atoms with van der Waals surface area (Å²) in [5.41, 5.74) is 6.90. The number of halogens is 3. The average Bonchev–Trinajstić information content (AvgIpc) is 3.30. The van der Waals surface area contributed by atoms with Crippen LogP contribution in [0, 0.1) is 0 Å². The average molecular weight is 526 g/mol. The molecular weight excluding hydrogens is 499 g/mol. The fraction of sp³-hybridized carbons (Fsp3) is 0.308. The van der Waals surface area contributed by atoms with E-state index in [4.69, 9.17) is 15.6 Å².